The van der Waals surface area contributed by atoms with Crippen LogP contribution in [0.1, 0.15) is 33.8 Å². The third-order valence-electron chi connectivity index (χ3n) is 5.21. The smallest absolute Gasteiger partial charge is 0.411 e. The second-order valence-electron chi connectivity index (χ2n) is 7.36. The van der Waals surface area contributed by atoms with Crippen molar-refractivity contribution in [3.8, 4) is 0 Å². The van der Waals surface area contributed by atoms with Gasteiger partial charge in [0.1, 0.15) is 6.61 Å². The van der Waals surface area contributed by atoms with Gasteiger partial charge < -0.3 is 19.5 Å². The number of nitrogens with one attached hydrogen (secondary N) is 2. The van der Waals surface area contributed by atoms with E-state index in [1.807, 2.05) is 12.1 Å². The lowest BCUT2D eigenvalue weighted by Gasteiger charge is -2.27. The van der Waals surface area contributed by atoms with E-state index in [0.29, 0.717) is 29.3 Å². The van der Waals surface area contributed by atoms with Gasteiger partial charge in [-0.2, -0.15) is 0 Å². The molecule has 2 aromatic rings. The van der Waals surface area contributed by atoms with Crippen molar-refractivity contribution in [3.05, 3.63) is 65.2 Å². The molecule has 4 rings (SSSR count). The Balaban J connectivity index is 1.21. The fraction of sp³-hybridized carbons (Fsp3) is 0.364. The van der Waals surface area contributed by atoms with Crippen LogP contribution in [-0.4, -0.2) is 44.5 Å². The van der Waals surface area contributed by atoms with E-state index in [2.05, 4.69) is 27.5 Å². The van der Waals surface area contributed by atoms with Crippen LogP contribution >= 0.6 is 0 Å². The van der Waals surface area contributed by atoms with Crippen molar-refractivity contribution in [3.63, 3.8) is 0 Å². The minimum atomic E-state index is -0.547. The van der Waals surface area contributed by atoms with Gasteiger partial charge in [0, 0.05) is 17.6 Å². The standard InChI is InChI=1S/C22H24N2O5/c1-27-21(25)16-6-8-17(9-7-16)24-22(26)29-11-14-2-4-15(5-3-14)19-10-20(19)23-18-12-28-13-18/h2-9,18-20,23H,10-13H2,1H3,(H,24,26). The van der Waals surface area contributed by atoms with Crippen molar-refractivity contribution < 1.29 is 23.8 Å². The number of benzene rings is 2. The highest BCUT2D eigenvalue weighted by atomic mass is 16.5. The van der Waals surface area contributed by atoms with Gasteiger partial charge in [-0.15, -0.1) is 0 Å². The van der Waals surface area contributed by atoms with Gasteiger partial charge in [-0.3, -0.25) is 5.32 Å². The first-order valence-electron chi connectivity index (χ1n) is 9.67. The Morgan fingerprint density at radius 2 is 1.79 bits per heavy atom. The van der Waals surface area contributed by atoms with Crippen LogP contribution < -0.4 is 10.6 Å². The van der Waals surface area contributed by atoms with Crippen molar-refractivity contribution in [1.29, 1.82) is 0 Å². The number of carbonyl (C=O) groups excluding carboxylic acids is 2. The van der Waals surface area contributed by atoms with Crippen LogP contribution in [0.15, 0.2) is 48.5 Å². The summed E-state index contributed by atoms with van der Waals surface area (Å²) in [5, 5.41) is 6.24. The van der Waals surface area contributed by atoms with E-state index in [1.54, 1.807) is 24.3 Å². The lowest BCUT2D eigenvalue weighted by Crippen LogP contribution is -2.47. The number of amides is 1. The lowest BCUT2D eigenvalue weighted by molar-refractivity contribution is -0.00603. The van der Waals surface area contributed by atoms with E-state index in [4.69, 9.17) is 9.47 Å². The summed E-state index contributed by atoms with van der Waals surface area (Å²) in [4.78, 5) is 23.4. The molecule has 2 fully saturated rings. The summed E-state index contributed by atoms with van der Waals surface area (Å²) < 4.78 is 15.1. The first-order valence-corrected chi connectivity index (χ1v) is 9.67. The monoisotopic (exact) mass is 396 g/mol. The van der Waals surface area contributed by atoms with Gasteiger partial charge in [0.15, 0.2) is 0 Å². The van der Waals surface area contributed by atoms with Gasteiger partial charge in [0.05, 0.1) is 31.9 Å². The van der Waals surface area contributed by atoms with E-state index in [1.165, 1.54) is 12.7 Å². The summed E-state index contributed by atoms with van der Waals surface area (Å²) in [7, 11) is 1.32. The molecule has 0 bridgehead atoms. The normalized spacial score (nSPS) is 20.4. The predicted molar refractivity (Wildman–Crippen MR) is 107 cm³/mol. The Morgan fingerprint density at radius 1 is 1.07 bits per heavy atom. The van der Waals surface area contributed by atoms with Gasteiger partial charge in [-0.25, -0.2) is 9.59 Å². The minimum absolute atomic E-state index is 0.193. The molecule has 7 heteroatoms. The number of carbonyl (C=O) groups is 2. The van der Waals surface area contributed by atoms with Crippen LogP contribution in [0.3, 0.4) is 0 Å². The molecule has 1 heterocycles. The highest BCUT2D eigenvalue weighted by molar-refractivity contribution is 5.91. The SMILES string of the molecule is COC(=O)c1ccc(NC(=O)OCc2ccc(C3CC3NC3COC3)cc2)cc1. The summed E-state index contributed by atoms with van der Waals surface area (Å²) in [5.41, 5.74) is 3.20. The second kappa shape index (κ2) is 8.63. The molecule has 2 unspecified atom stereocenters. The molecule has 1 aliphatic carbocycles. The minimum Gasteiger partial charge on any atom is -0.465 e. The van der Waals surface area contributed by atoms with Crippen molar-refractivity contribution >= 4 is 17.7 Å². The van der Waals surface area contributed by atoms with Crippen molar-refractivity contribution in [1.82, 2.24) is 5.32 Å². The van der Waals surface area contributed by atoms with Crippen LogP contribution in [0.4, 0.5) is 10.5 Å². The average Bonchev–Trinajstić information content (AvgIpc) is 3.49. The summed E-state index contributed by atoms with van der Waals surface area (Å²) in [5.74, 6) is 0.134. The molecule has 1 amide bonds. The Hall–Kier alpha value is -2.90. The molecular formula is C22H24N2O5. The molecule has 29 heavy (non-hydrogen) atoms. The van der Waals surface area contributed by atoms with Gasteiger partial charge in [-0.1, -0.05) is 24.3 Å². The molecule has 2 N–H and O–H groups in total. The maximum atomic E-state index is 12.0. The predicted octanol–water partition coefficient (Wildman–Crippen LogP) is 3.07. The van der Waals surface area contributed by atoms with Crippen LogP contribution in [-0.2, 0) is 20.8 Å². The molecule has 7 nitrogen and oxygen atoms in total. The average molecular weight is 396 g/mol. The topological polar surface area (TPSA) is 85.9 Å². The van der Waals surface area contributed by atoms with Gasteiger partial charge in [0.25, 0.3) is 0 Å². The molecule has 1 saturated carbocycles. The number of ether oxygens (including phenoxy) is 3. The molecule has 0 radical (unpaired) electrons. The van der Waals surface area contributed by atoms with Crippen LogP contribution in [0.25, 0.3) is 0 Å². The highest BCUT2D eigenvalue weighted by Crippen LogP contribution is 2.41. The number of esters is 1. The van der Waals surface area contributed by atoms with Crippen LogP contribution in [0.5, 0.6) is 0 Å². The molecule has 2 aliphatic rings. The summed E-state index contributed by atoms with van der Waals surface area (Å²) in [6.45, 7) is 1.83. The Morgan fingerprint density at radius 3 is 2.41 bits per heavy atom. The quantitative estimate of drug-likeness (QED) is 0.700. The Bertz CT molecular complexity index is 862. The zero-order valence-electron chi connectivity index (χ0n) is 16.2. The largest absolute Gasteiger partial charge is 0.465 e. The van der Waals surface area contributed by atoms with Gasteiger partial charge in [0.2, 0.25) is 0 Å². The number of hydrogen-bond donors (Lipinski definition) is 2. The zero-order valence-corrected chi connectivity index (χ0v) is 16.2. The summed E-state index contributed by atoms with van der Waals surface area (Å²) >= 11 is 0. The Labute approximate surface area is 169 Å². The number of methoxy groups -OCH3 is 1. The molecule has 152 valence electrons. The van der Waals surface area contributed by atoms with E-state index < -0.39 is 12.1 Å². The maximum absolute atomic E-state index is 12.0. The fourth-order valence-corrected chi connectivity index (χ4v) is 3.35. The van der Waals surface area contributed by atoms with E-state index in [-0.39, 0.29) is 6.61 Å². The maximum Gasteiger partial charge on any atom is 0.411 e. The zero-order chi connectivity index (χ0) is 20.2. The molecule has 1 saturated heterocycles. The molecular weight excluding hydrogens is 372 g/mol. The summed E-state index contributed by atoms with van der Waals surface area (Å²) in [6.07, 6.45) is 0.609. The van der Waals surface area contributed by atoms with E-state index in [0.717, 1.165) is 25.2 Å². The first-order chi connectivity index (χ1) is 14.1. The van der Waals surface area contributed by atoms with Crippen LogP contribution in [0.2, 0.25) is 0 Å². The Kier molecular flexibility index (Phi) is 5.78. The molecule has 0 spiro atoms. The fourth-order valence-electron chi connectivity index (χ4n) is 3.35. The van der Waals surface area contributed by atoms with Crippen molar-refractivity contribution in [2.75, 3.05) is 25.6 Å². The van der Waals surface area contributed by atoms with E-state index >= 15 is 0 Å². The number of rotatable bonds is 7. The molecule has 0 aromatic heterocycles. The van der Waals surface area contributed by atoms with Gasteiger partial charge in [-0.05, 0) is 41.8 Å². The number of anilines is 1. The first kappa shape index (κ1) is 19.4. The molecule has 2 atom stereocenters. The molecule has 2 aromatic carbocycles. The molecule has 1 aliphatic heterocycles. The van der Waals surface area contributed by atoms with E-state index in [9.17, 15) is 9.59 Å². The van der Waals surface area contributed by atoms with Gasteiger partial charge >= 0.3 is 12.1 Å². The number of hydrogen-bond acceptors (Lipinski definition) is 6. The highest BCUT2D eigenvalue weighted by Gasteiger charge is 2.40. The van der Waals surface area contributed by atoms with Crippen LogP contribution in [0, 0.1) is 0 Å². The lowest BCUT2D eigenvalue weighted by atomic mass is 10.1. The third kappa shape index (κ3) is 4.93. The summed E-state index contributed by atoms with van der Waals surface area (Å²) in [6, 6.07) is 15.7. The van der Waals surface area contributed by atoms with Crippen molar-refractivity contribution in [2.24, 2.45) is 0 Å². The second-order valence-corrected chi connectivity index (χ2v) is 7.36. The third-order valence-corrected chi connectivity index (χ3v) is 5.21. The van der Waals surface area contributed by atoms with Crippen molar-refractivity contribution in [2.45, 2.75) is 31.0 Å².